The van der Waals surface area contributed by atoms with Crippen molar-refractivity contribution in [2.45, 2.75) is 12.5 Å². The minimum absolute atomic E-state index is 0.166. The first-order valence-electron chi connectivity index (χ1n) is 12.6. The van der Waals surface area contributed by atoms with E-state index in [1.807, 2.05) is 29.6 Å². The molecule has 0 unspecified atom stereocenters. The number of thiophene rings is 1. The smallest absolute Gasteiger partial charge is 0.264 e. The average Bonchev–Trinajstić information content (AvgIpc) is 3.69. The third-order valence-corrected chi connectivity index (χ3v) is 7.45. The molecule has 0 radical (unpaired) electrons. The summed E-state index contributed by atoms with van der Waals surface area (Å²) in [4.78, 5) is 29.1. The Bertz CT molecular complexity index is 1360. The maximum absolute atomic E-state index is 13.9. The highest BCUT2D eigenvalue weighted by Crippen LogP contribution is 2.39. The molecule has 11 heteroatoms. The average molecular weight is 568 g/mol. The van der Waals surface area contributed by atoms with E-state index in [2.05, 4.69) is 0 Å². The minimum Gasteiger partial charge on any atom is -0.497 e. The fourth-order valence-electron chi connectivity index (χ4n) is 4.51. The Kier molecular flexibility index (Phi) is 9.62. The van der Waals surface area contributed by atoms with E-state index in [1.54, 1.807) is 59.8 Å². The number of amides is 2. The van der Waals surface area contributed by atoms with Gasteiger partial charge in [0.1, 0.15) is 18.0 Å². The Hall–Kier alpha value is -4.09. The quantitative estimate of drug-likeness (QED) is 0.323. The van der Waals surface area contributed by atoms with E-state index in [-0.39, 0.29) is 24.9 Å². The lowest BCUT2D eigenvalue weighted by atomic mass is 9.97. The fourth-order valence-corrected chi connectivity index (χ4v) is 5.20. The van der Waals surface area contributed by atoms with E-state index < -0.39 is 6.04 Å². The van der Waals surface area contributed by atoms with Crippen LogP contribution in [-0.2, 0) is 9.53 Å². The number of ether oxygens (including phenoxy) is 5. The molecule has 0 aliphatic carbocycles. The molecule has 0 fully saturated rings. The summed E-state index contributed by atoms with van der Waals surface area (Å²) in [5.74, 6) is 1.77. The van der Waals surface area contributed by atoms with E-state index in [4.69, 9.17) is 28.8 Å². The zero-order valence-electron chi connectivity index (χ0n) is 23.2. The molecular weight excluding hydrogens is 534 g/mol. The van der Waals surface area contributed by atoms with Crippen LogP contribution < -0.4 is 18.9 Å². The van der Waals surface area contributed by atoms with Crippen molar-refractivity contribution in [1.82, 2.24) is 9.91 Å². The van der Waals surface area contributed by atoms with Gasteiger partial charge in [0.25, 0.3) is 11.8 Å². The predicted molar refractivity (Wildman–Crippen MR) is 152 cm³/mol. The van der Waals surface area contributed by atoms with Crippen molar-refractivity contribution >= 4 is 28.9 Å². The van der Waals surface area contributed by atoms with Crippen molar-refractivity contribution in [3.8, 4) is 23.0 Å². The van der Waals surface area contributed by atoms with Gasteiger partial charge in [-0.2, -0.15) is 5.10 Å². The first kappa shape index (κ1) is 28.9. The van der Waals surface area contributed by atoms with Crippen molar-refractivity contribution in [3.63, 3.8) is 0 Å². The summed E-state index contributed by atoms with van der Waals surface area (Å²) in [7, 11) is 7.85. The monoisotopic (exact) mass is 567 g/mol. The van der Waals surface area contributed by atoms with E-state index in [9.17, 15) is 9.59 Å². The zero-order chi connectivity index (χ0) is 28.6. The SMILES string of the molecule is COCCN(CC(=O)N1N=C(c2ccc(OC)cc2OC)C[C@H]1c1ccc(OC)c(OC)c1)C(=O)c1cccs1. The molecule has 40 heavy (non-hydrogen) atoms. The summed E-state index contributed by atoms with van der Waals surface area (Å²) in [6.07, 6.45) is 0.418. The molecule has 0 spiro atoms. The lowest BCUT2D eigenvalue weighted by molar-refractivity contribution is -0.133. The molecule has 0 saturated carbocycles. The van der Waals surface area contributed by atoms with Crippen LogP contribution in [0.2, 0.25) is 0 Å². The summed E-state index contributed by atoms with van der Waals surface area (Å²) in [5, 5.41) is 8.05. The van der Waals surface area contributed by atoms with Crippen LogP contribution in [0.3, 0.4) is 0 Å². The first-order chi connectivity index (χ1) is 19.4. The predicted octanol–water partition coefficient (Wildman–Crippen LogP) is 4.25. The zero-order valence-corrected chi connectivity index (χ0v) is 24.0. The van der Waals surface area contributed by atoms with Crippen LogP contribution in [0.15, 0.2) is 59.0 Å². The van der Waals surface area contributed by atoms with Crippen molar-refractivity contribution in [3.05, 3.63) is 69.9 Å². The number of methoxy groups -OCH3 is 5. The summed E-state index contributed by atoms with van der Waals surface area (Å²) in [6, 6.07) is 14.1. The van der Waals surface area contributed by atoms with Crippen LogP contribution in [0.1, 0.15) is 33.3 Å². The van der Waals surface area contributed by atoms with Crippen LogP contribution in [0.25, 0.3) is 0 Å². The van der Waals surface area contributed by atoms with Crippen LogP contribution in [-0.4, -0.2) is 82.7 Å². The Morgan fingerprint density at radius 3 is 2.38 bits per heavy atom. The molecule has 212 valence electrons. The molecule has 10 nitrogen and oxygen atoms in total. The number of carbonyl (C=O) groups excluding carboxylic acids is 2. The second-order valence-electron chi connectivity index (χ2n) is 8.88. The molecule has 0 bridgehead atoms. The number of carbonyl (C=O) groups is 2. The van der Waals surface area contributed by atoms with Crippen molar-refractivity contribution < 1.29 is 33.3 Å². The van der Waals surface area contributed by atoms with Gasteiger partial charge >= 0.3 is 0 Å². The number of hydrazone groups is 1. The largest absolute Gasteiger partial charge is 0.497 e. The molecule has 2 amide bonds. The topological polar surface area (TPSA) is 99.1 Å². The highest BCUT2D eigenvalue weighted by atomic mass is 32.1. The molecule has 4 rings (SSSR count). The van der Waals surface area contributed by atoms with Gasteiger partial charge in [-0.3, -0.25) is 9.59 Å². The molecule has 2 heterocycles. The van der Waals surface area contributed by atoms with Gasteiger partial charge in [0, 0.05) is 31.7 Å². The van der Waals surface area contributed by atoms with Gasteiger partial charge in [-0.15, -0.1) is 11.3 Å². The second-order valence-corrected chi connectivity index (χ2v) is 9.83. The Balaban J connectivity index is 1.71. The van der Waals surface area contributed by atoms with Gasteiger partial charge in [-0.25, -0.2) is 5.01 Å². The highest BCUT2D eigenvalue weighted by molar-refractivity contribution is 7.12. The van der Waals surface area contributed by atoms with Gasteiger partial charge < -0.3 is 28.6 Å². The van der Waals surface area contributed by atoms with E-state index in [1.165, 1.54) is 21.2 Å². The summed E-state index contributed by atoms with van der Waals surface area (Å²) in [6.45, 7) is 0.387. The maximum Gasteiger partial charge on any atom is 0.264 e. The molecule has 1 aromatic heterocycles. The maximum atomic E-state index is 13.9. The van der Waals surface area contributed by atoms with Crippen LogP contribution in [0, 0.1) is 0 Å². The molecule has 2 aromatic carbocycles. The van der Waals surface area contributed by atoms with E-state index in [0.717, 1.165) is 11.1 Å². The number of hydrogen-bond donors (Lipinski definition) is 0. The number of benzene rings is 2. The number of rotatable bonds is 12. The molecule has 1 aliphatic rings. The molecule has 0 saturated heterocycles. The van der Waals surface area contributed by atoms with Gasteiger partial charge in [0.2, 0.25) is 0 Å². The van der Waals surface area contributed by atoms with Crippen molar-refractivity contribution in [1.29, 1.82) is 0 Å². The normalized spacial score (nSPS) is 14.5. The summed E-state index contributed by atoms with van der Waals surface area (Å²) >= 11 is 1.33. The molecule has 1 atom stereocenters. The van der Waals surface area contributed by atoms with Crippen LogP contribution in [0.5, 0.6) is 23.0 Å². The van der Waals surface area contributed by atoms with Crippen molar-refractivity contribution in [2.24, 2.45) is 5.10 Å². The first-order valence-corrected chi connectivity index (χ1v) is 13.5. The van der Waals surface area contributed by atoms with Crippen molar-refractivity contribution in [2.75, 3.05) is 55.2 Å². The summed E-state index contributed by atoms with van der Waals surface area (Å²) < 4.78 is 27.1. The lowest BCUT2D eigenvalue weighted by Gasteiger charge is -2.27. The van der Waals surface area contributed by atoms with E-state index >= 15 is 0 Å². The molecule has 3 aromatic rings. The van der Waals surface area contributed by atoms with Gasteiger partial charge in [-0.1, -0.05) is 12.1 Å². The van der Waals surface area contributed by atoms with Crippen LogP contribution >= 0.6 is 11.3 Å². The van der Waals surface area contributed by atoms with Gasteiger partial charge in [0.05, 0.1) is 51.7 Å². The van der Waals surface area contributed by atoms with Crippen LogP contribution in [0.4, 0.5) is 0 Å². The standard InChI is InChI=1S/C29H33N3O7S/c1-35-13-12-31(29(34)27-7-6-14-40-27)18-28(33)32-23(19-8-11-24(37-3)26(15-19)39-5)17-22(30-32)21-10-9-20(36-2)16-25(21)38-4/h6-11,14-16,23H,12-13,17-18H2,1-5H3/t23-/m0/s1. The lowest BCUT2D eigenvalue weighted by Crippen LogP contribution is -2.42. The van der Waals surface area contributed by atoms with Gasteiger partial charge in [-0.05, 0) is 41.3 Å². The Morgan fingerprint density at radius 2 is 1.73 bits per heavy atom. The molecular formula is C29H33N3O7S. The highest BCUT2D eigenvalue weighted by Gasteiger charge is 2.36. The summed E-state index contributed by atoms with van der Waals surface area (Å²) in [5.41, 5.74) is 2.22. The second kappa shape index (κ2) is 13.3. The molecule has 0 N–H and O–H groups in total. The third kappa shape index (κ3) is 6.21. The Morgan fingerprint density at radius 1 is 0.950 bits per heavy atom. The third-order valence-electron chi connectivity index (χ3n) is 6.59. The number of hydrogen-bond acceptors (Lipinski definition) is 9. The minimum atomic E-state index is -0.449. The fraction of sp³-hybridized carbons (Fsp3) is 0.345. The van der Waals surface area contributed by atoms with Gasteiger partial charge in [0.15, 0.2) is 11.5 Å². The molecule has 1 aliphatic heterocycles. The Labute approximate surface area is 237 Å². The van der Waals surface area contributed by atoms with E-state index in [0.29, 0.717) is 46.6 Å². The number of nitrogens with zero attached hydrogens (tertiary/aromatic N) is 3.